The molecule has 0 N–H and O–H groups in total. The molecule has 0 amide bonds. The number of hydrogen-bond donors (Lipinski definition) is 0. The predicted octanol–water partition coefficient (Wildman–Crippen LogP) is 6.12. The summed E-state index contributed by atoms with van der Waals surface area (Å²) in [6.07, 6.45) is 0. The predicted molar refractivity (Wildman–Crippen MR) is 56.7 cm³/mol. The van der Waals surface area contributed by atoms with E-state index in [0.717, 1.165) is 0 Å². The summed E-state index contributed by atoms with van der Waals surface area (Å²) >= 11 is 0. The molecule has 0 saturated carbocycles. The molecule has 0 aliphatic heterocycles. The summed E-state index contributed by atoms with van der Waals surface area (Å²) < 4.78 is 195. The van der Waals surface area contributed by atoms with Crippen LogP contribution in [-0.2, 0) is 0 Å². The van der Waals surface area contributed by atoms with Crippen LogP contribution in [0.25, 0.3) is 0 Å². The van der Waals surface area contributed by atoms with Crippen LogP contribution in [0, 0.1) is 35.6 Å². The maximum atomic E-state index is 9.75. The van der Waals surface area contributed by atoms with E-state index >= 15 is 0 Å². The van der Waals surface area contributed by atoms with Crippen molar-refractivity contribution >= 4 is 85.2 Å². The van der Waals surface area contributed by atoms with Gasteiger partial charge >= 0.3 is 121 Å². The van der Waals surface area contributed by atoms with Gasteiger partial charge in [0.15, 0.2) is 0 Å². The van der Waals surface area contributed by atoms with Crippen molar-refractivity contribution in [3.63, 3.8) is 0 Å². The van der Waals surface area contributed by atoms with Gasteiger partial charge in [-0.15, -0.1) is 0 Å². The molecular weight excluding hydrogens is 710 g/mol. The molecule has 0 aliphatic rings. The minimum atomic E-state index is -6.00. The van der Waals surface area contributed by atoms with Gasteiger partial charge in [-0.1, -0.05) is 0 Å². The van der Waals surface area contributed by atoms with Crippen LogP contribution in [0.2, 0.25) is 0 Å². The van der Waals surface area contributed by atoms with Gasteiger partial charge in [0, 0.05) is 0 Å². The number of halogens is 20. The number of rotatable bonds is 0. The summed E-state index contributed by atoms with van der Waals surface area (Å²) in [6.45, 7) is 0. The Bertz CT molecular complexity index is 178. The zero-order chi connectivity index (χ0) is 22.5. The van der Waals surface area contributed by atoms with E-state index in [1.165, 1.54) is 0 Å². The second kappa shape index (κ2) is 19.6. The van der Waals surface area contributed by atoms with Gasteiger partial charge in [0.05, 0.1) is 0 Å². The van der Waals surface area contributed by atoms with Crippen molar-refractivity contribution in [3.8, 4) is 0 Å². The molecule has 0 radical (unpaired) electrons. The topological polar surface area (TPSA) is 0 Å². The molecule has 27 heavy (non-hydrogen) atoms. The Morgan fingerprint density at radius 3 is 0.222 bits per heavy atom. The molecule has 0 aromatic heterocycles. The average Bonchev–Trinajstić information content (AvgIpc) is 1.79. The van der Waals surface area contributed by atoms with Crippen LogP contribution in [-0.4, -0.2) is 85.2 Å². The van der Waals surface area contributed by atoms with Gasteiger partial charge in [-0.2, -0.15) is 0 Å². The van der Waals surface area contributed by atoms with E-state index in [-0.39, 0.29) is 84.5 Å². The molecule has 160 valence electrons. The largest absolute Gasteiger partial charge is 3.00 e. The van der Waals surface area contributed by atoms with Crippen LogP contribution in [0.4, 0.5) is 86.3 Å². The van der Waals surface area contributed by atoms with Crippen molar-refractivity contribution in [1.82, 2.24) is 0 Å². The normalized spacial score (nSPS) is 11.1. The first kappa shape index (κ1) is 46.8. The minimum absolute atomic E-state index is 0. The van der Waals surface area contributed by atoms with Gasteiger partial charge in [0.1, 0.15) is 0 Å². The van der Waals surface area contributed by atoms with Crippen molar-refractivity contribution in [3.05, 3.63) is 0 Å². The molecule has 0 aromatic rings. The third-order valence-electron chi connectivity index (χ3n) is 0. The molecule has 0 spiro atoms. The van der Waals surface area contributed by atoms with E-state index in [1.54, 1.807) is 0 Å². The maximum Gasteiger partial charge on any atom is 3.00 e. The molecular formula is B5BaF20La. The van der Waals surface area contributed by atoms with Crippen LogP contribution in [0.5, 0.6) is 0 Å². The van der Waals surface area contributed by atoms with Crippen LogP contribution in [0.15, 0.2) is 0 Å². The van der Waals surface area contributed by atoms with Crippen molar-refractivity contribution in [2.24, 2.45) is 0 Å². The molecule has 0 atom stereocenters. The van der Waals surface area contributed by atoms with E-state index in [0.29, 0.717) is 0 Å². The smallest absolute Gasteiger partial charge is 0.418 e. The van der Waals surface area contributed by atoms with Crippen LogP contribution >= 0.6 is 0 Å². The standard InChI is InChI=1S/5BF4.Ba.La/c5*2-1(3,4)5;;/q5*-1;+2;+3. The van der Waals surface area contributed by atoms with Crippen LogP contribution in [0.3, 0.4) is 0 Å². The fourth-order valence-electron chi connectivity index (χ4n) is 0. The molecule has 0 saturated heterocycles. The molecule has 0 unspecified atom stereocenters. The second-order valence-electron chi connectivity index (χ2n) is 2.47. The number of hydrogen-bond acceptors (Lipinski definition) is 0. The first-order valence-electron chi connectivity index (χ1n) is 4.36. The Morgan fingerprint density at radius 2 is 0.222 bits per heavy atom. The average molecular weight is 710 g/mol. The Kier molecular flexibility index (Phi) is 34.0. The van der Waals surface area contributed by atoms with Gasteiger partial charge < -0.3 is 86.3 Å². The second-order valence-corrected chi connectivity index (χ2v) is 2.47. The van der Waals surface area contributed by atoms with E-state index < -0.39 is 36.3 Å². The molecule has 27 heteroatoms. The van der Waals surface area contributed by atoms with Crippen LogP contribution in [0.1, 0.15) is 0 Å². The third kappa shape index (κ3) is 6390. The first-order valence-corrected chi connectivity index (χ1v) is 4.36. The Balaban J connectivity index is -0.0000000364. The molecule has 0 heterocycles. The molecule has 0 nitrogen and oxygen atoms in total. The molecule has 0 bridgehead atoms. The van der Waals surface area contributed by atoms with E-state index in [4.69, 9.17) is 0 Å². The summed E-state index contributed by atoms with van der Waals surface area (Å²) in [6, 6.07) is 0. The SMILES string of the molecule is F[B-](F)(F)F.F[B-](F)(F)F.F[B-](F)(F)F.F[B-](F)(F)F.F[B-](F)(F)F.[Ba+2].[La+3]. The van der Waals surface area contributed by atoms with Gasteiger partial charge in [-0.25, -0.2) is 0 Å². The maximum absolute atomic E-state index is 9.75. The van der Waals surface area contributed by atoms with Crippen molar-refractivity contribution in [1.29, 1.82) is 0 Å². The van der Waals surface area contributed by atoms with Gasteiger partial charge in [0.2, 0.25) is 0 Å². The van der Waals surface area contributed by atoms with Crippen molar-refractivity contribution < 1.29 is 122 Å². The minimum Gasteiger partial charge on any atom is -0.418 e. The molecule has 0 aromatic carbocycles. The summed E-state index contributed by atoms with van der Waals surface area (Å²) in [5, 5.41) is 0. The summed E-state index contributed by atoms with van der Waals surface area (Å²) in [5.41, 5.74) is 0. The monoisotopic (exact) mass is 712 g/mol. The zero-order valence-corrected chi connectivity index (χ0v) is 19.8. The summed E-state index contributed by atoms with van der Waals surface area (Å²) in [7, 11) is -30.0. The van der Waals surface area contributed by atoms with Crippen molar-refractivity contribution in [2.75, 3.05) is 0 Å². The van der Waals surface area contributed by atoms with Crippen LogP contribution < -0.4 is 0 Å². The Hall–Kier alpha value is 1.69. The Labute approximate surface area is 205 Å². The van der Waals surface area contributed by atoms with Crippen molar-refractivity contribution in [2.45, 2.75) is 0 Å². The summed E-state index contributed by atoms with van der Waals surface area (Å²) in [5.74, 6) is 0. The quantitative estimate of drug-likeness (QED) is 0.210. The van der Waals surface area contributed by atoms with Gasteiger partial charge in [0.25, 0.3) is 0 Å². The first-order chi connectivity index (χ1) is 10.0. The van der Waals surface area contributed by atoms with E-state index in [9.17, 15) is 86.3 Å². The van der Waals surface area contributed by atoms with E-state index in [2.05, 4.69) is 0 Å². The summed E-state index contributed by atoms with van der Waals surface area (Å²) in [4.78, 5) is 0. The fourth-order valence-corrected chi connectivity index (χ4v) is 0. The van der Waals surface area contributed by atoms with E-state index in [1.807, 2.05) is 0 Å². The molecule has 0 aliphatic carbocycles. The zero-order valence-electron chi connectivity index (χ0n) is 11.7. The fraction of sp³-hybridized carbons (Fsp3) is 0. The molecule has 0 fully saturated rings. The van der Waals surface area contributed by atoms with Gasteiger partial charge in [-0.05, 0) is 0 Å². The Morgan fingerprint density at radius 1 is 0.222 bits per heavy atom. The molecule has 0 rings (SSSR count). The van der Waals surface area contributed by atoms with Gasteiger partial charge in [-0.3, -0.25) is 0 Å². The third-order valence-corrected chi connectivity index (χ3v) is 0.